The summed E-state index contributed by atoms with van der Waals surface area (Å²) in [6.07, 6.45) is 2.42. The van der Waals surface area contributed by atoms with Gasteiger partial charge in [-0.1, -0.05) is 22.9 Å². The fourth-order valence-electron chi connectivity index (χ4n) is 1.45. The van der Waals surface area contributed by atoms with E-state index in [1.54, 1.807) is 23.0 Å². The standard InChI is InChI=1S/C11H10Cl2FN3/c12-4-3-10-7-17(16-15-10)6-8-1-2-9(13)5-11(8)14/h1-2,5,7H,3-4,6H2. The van der Waals surface area contributed by atoms with Crippen LogP contribution in [0.1, 0.15) is 11.3 Å². The first kappa shape index (κ1) is 12.3. The van der Waals surface area contributed by atoms with Crippen LogP contribution in [0.25, 0.3) is 0 Å². The summed E-state index contributed by atoms with van der Waals surface area (Å²) in [6.45, 7) is 0.332. The fraction of sp³-hybridized carbons (Fsp3) is 0.273. The van der Waals surface area contributed by atoms with Crippen LogP contribution in [-0.2, 0) is 13.0 Å². The Morgan fingerprint density at radius 1 is 1.35 bits per heavy atom. The summed E-state index contributed by atoms with van der Waals surface area (Å²) in [6, 6.07) is 4.57. The van der Waals surface area contributed by atoms with Crippen LogP contribution < -0.4 is 0 Å². The monoisotopic (exact) mass is 273 g/mol. The van der Waals surface area contributed by atoms with Crippen molar-refractivity contribution in [1.82, 2.24) is 15.0 Å². The molecule has 0 N–H and O–H groups in total. The average Bonchev–Trinajstić information content (AvgIpc) is 2.71. The number of hydrogen-bond donors (Lipinski definition) is 0. The van der Waals surface area contributed by atoms with E-state index in [0.29, 0.717) is 29.4 Å². The summed E-state index contributed by atoms with van der Waals surface area (Å²) < 4.78 is 15.1. The van der Waals surface area contributed by atoms with Crippen molar-refractivity contribution in [2.45, 2.75) is 13.0 Å². The molecule has 0 aliphatic heterocycles. The van der Waals surface area contributed by atoms with Gasteiger partial charge >= 0.3 is 0 Å². The van der Waals surface area contributed by atoms with E-state index in [0.717, 1.165) is 5.69 Å². The normalized spacial score (nSPS) is 10.8. The molecule has 3 nitrogen and oxygen atoms in total. The van der Waals surface area contributed by atoms with Gasteiger partial charge in [-0.15, -0.1) is 16.7 Å². The highest BCUT2D eigenvalue weighted by Gasteiger charge is 2.06. The van der Waals surface area contributed by atoms with Gasteiger partial charge in [0, 0.05) is 29.1 Å². The van der Waals surface area contributed by atoms with Crippen LogP contribution in [0.5, 0.6) is 0 Å². The zero-order chi connectivity index (χ0) is 12.3. The van der Waals surface area contributed by atoms with Crippen LogP contribution in [0, 0.1) is 5.82 Å². The van der Waals surface area contributed by atoms with Gasteiger partial charge in [-0.25, -0.2) is 9.07 Å². The van der Waals surface area contributed by atoms with Gasteiger partial charge in [-0.05, 0) is 12.1 Å². The van der Waals surface area contributed by atoms with E-state index in [1.807, 2.05) is 0 Å². The largest absolute Gasteiger partial charge is 0.248 e. The number of nitrogens with zero attached hydrogens (tertiary/aromatic N) is 3. The predicted octanol–water partition coefficient (Wildman–Crippen LogP) is 2.90. The highest BCUT2D eigenvalue weighted by atomic mass is 35.5. The van der Waals surface area contributed by atoms with E-state index in [1.165, 1.54) is 6.07 Å². The van der Waals surface area contributed by atoms with E-state index >= 15 is 0 Å². The second kappa shape index (κ2) is 5.47. The molecule has 0 aliphatic rings. The molecule has 1 aromatic heterocycles. The second-order valence-corrected chi connectivity index (χ2v) is 4.40. The first-order valence-electron chi connectivity index (χ1n) is 5.08. The number of aryl methyl sites for hydroxylation is 1. The van der Waals surface area contributed by atoms with Gasteiger partial charge in [0.15, 0.2) is 0 Å². The second-order valence-electron chi connectivity index (χ2n) is 3.58. The quantitative estimate of drug-likeness (QED) is 0.802. The van der Waals surface area contributed by atoms with Crippen molar-refractivity contribution in [3.05, 3.63) is 46.5 Å². The first-order chi connectivity index (χ1) is 8.19. The molecule has 0 fully saturated rings. The van der Waals surface area contributed by atoms with Gasteiger partial charge in [0.1, 0.15) is 5.82 Å². The van der Waals surface area contributed by atoms with Crippen molar-refractivity contribution in [2.75, 3.05) is 5.88 Å². The minimum Gasteiger partial charge on any atom is -0.248 e. The molecule has 0 saturated heterocycles. The van der Waals surface area contributed by atoms with Crippen LogP contribution in [0.4, 0.5) is 4.39 Å². The molecule has 0 saturated carbocycles. The van der Waals surface area contributed by atoms with E-state index < -0.39 is 0 Å². The molecule has 0 amide bonds. The Labute approximate surface area is 108 Å². The number of alkyl halides is 1. The molecule has 17 heavy (non-hydrogen) atoms. The Bertz CT molecular complexity index is 513. The SMILES string of the molecule is Fc1cc(Cl)ccc1Cn1cc(CCCl)nn1. The predicted molar refractivity (Wildman–Crippen MR) is 65.0 cm³/mol. The molecule has 2 rings (SSSR count). The van der Waals surface area contributed by atoms with Crippen LogP contribution in [0.15, 0.2) is 24.4 Å². The lowest BCUT2D eigenvalue weighted by molar-refractivity contribution is 0.577. The third-order valence-electron chi connectivity index (χ3n) is 2.28. The topological polar surface area (TPSA) is 30.7 Å². The molecule has 90 valence electrons. The summed E-state index contributed by atoms with van der Waals surface area (Å²) in [5.41, 5.74) is 1.33. The maximum atomic E-state index is 13.5. The van der Waals surface area contributed by atoms with Gasteiger partial charge in [-0.2, -0.15) is 0 Å². The molecule has 0 radical (unpaired) electrons. The van der Waals surface area contributed by atoms with Crippen molar-refractivity contribution in [2.24, 2.45) is 0 Å². The van der Waals surface area contributed by atoms with Crippen LogP contribution in [-0.4, -0.2) is 20.9 Å². The van der Waals surface area contributed by atoms with Gasteiger partial charge < -0.3 is 0 Å². The van der Waals surface area contributed by atoms with Crippen molar-refractivity contribution in [3.8, 4) is 0 Å². The van der Waals surface area contributed by atoms with Crippen LogP contribution in [0.3, 0.4) is 0 Å². The smallest absolute Gasteiger partial charge is 0.129 e. The Kier molecular flexibility index (Phi) is 3.97. The molecule has 0 spiro atoms. The summed E-state index contributed by atoms with van der Waals surface area (Å²) in [5, 5.41) is 8.21. The number of halogens is 3. The Balaban J connectivity index is 2.13. The lowest BCUT2D eigenvalue weighted by Crippen LogP contribution is -2.02. The Morgan fingerprint density at radius 2 is 2.18 bits per heavy atom. The zero-order valence-electron chi connectivity index (χ0n) is 8.91. The highest BCUT2D eigenvalue weighted by Crippen LogP contribution is 2.15. The van der Waals surface area contributed by atoms with E-state index in [4.69, 9.17) is 23.2 Å². The minimum atomic E-state index is -0.341. The number of benzene rings is 1. The molecule has 2 aromatic rings. The molecule has 0 atom stereocenters. The number of aromatic nitrogens is 3. The van der Waals surface area contributed by atoms with Crippen LogP contribution in [0.2, 0.25) is 5.02 Å². The third-order valence-corrected chi connectivity index (χ3v) is 2.71. The van der Waals surface area contributed by atoms with Crippen molar-refractivity contribution in [3.63, 3.8) is 0 Å². The third kappa shape index (κ3) is 3.17. The molecular formula is C11H10Cl2FN3. The van der Waals surface area contributed by atoms with Crippen molar-refractivity contribution < 1.29 is 4.39 Å². The molecule has 0 bridgehead atoms. The molecule has 6 heteroatoms. The van der Waals surface area contributed by atoms with Crippen molar-refractivity contribution >= 4 is 23.2 Å². The van der Waals surface area contributed by atoms with E-state index in [-0.39, 0.29) is 5.82 Å². The van der Waals surface area contributed by atoms with Gasteiger partial charge in [0.05, 0.1) is 12.2 Å². The molecular weight excluding hydrogens is 264 g/mol. The first-order valence-corrected chi connectivity index (χ1v) is 5.99. The molecule has 1 aromatic carbocycles. The van der Waals surface area contributed by atoms with Gasteiger partial charge in [-0.3, -0.25) is 0 Å². The minimum absolute atomic E-state index is 0.332. The number of rotatable bonds is 4. The van der Waals surface area contributed by atoms with E-state index in [9.17, 15) is 4.39 Å². The average molecular weight is 274 g/mol. The highest BCUT2D eigenvalue weighted by molar-refractivity contribution is 6.30. The summed E-state index contributed by atoms with van der Waals surface area (Å²) in [7, 11) is 0. The molecule has 0 unspecified atom stereocenters. The zero-order valence-corrected chi connectivity index (χ0v) is 10.4. The fourth-order valence-corrected chi connectivity index (χ4v) is 1.80. The van der Waals surface area contributed by atoms with Crippen molar-refractivity contribution in [1.29, 1.82) is 0 Å². The lowest BCUT2D eigenvalue weighted by Gasteiger charge is -2.02. The summed E-state index contributed by atoms with van der Waals surface area (Å²) >= 11 is 11.3. The maximum Gasteiger partial charge on any atom is 0.129 e. The molecule has 0 aliphatic carbocycles. The lowest BCUT2D eigenvalue weighted by atomic mass is 10.2. The van der Waals surface area contributed by atoms with Gasteiger partial charge in [0.25, 0.3) is 0 Å². The van der Waals surface area contributed by atoms with Gasteiger partial charge in [0.2, 0.25) is 0 Å². The van der Waals surface area contributed by atoms with E-state index in [2.05, 4.69) is 10.3 Å². The number of hydrogen-bond acceptors (Lipinski definition) is 2. The van der Waals surface area contributed by atoms with Crippen LogP contribution >= 0.6 is 23.2 Å². The summed E-state index contributed by atoms with van der Waals surface area (Å²) in [4.78, 5) is 0. The Hall–Kier alpha value is -1.13. The molecule has 1 heterocycles. The maximum absolute atomic E-state index is 13.5. The summed E-state index contributed by atoms with van der Waals surface area (Å²) in [5.74, 6) is 0.153. The Morgan fingerprint density at radius 3 is 2.88 bits per heavy atom.